The summed E-state index contributed by atoms with van der Waals surface area (Å²) in [6.45, 7) is 5.40. The van der Waals surface area contributed by atoms with Gasteiger partial charge in [-0.3, -0.25) is 0 Å². The van der Waals surface area contributed by atoms with Crippen LogP contribution in [0.25, 0.3) is 0 Å². The molecular formula is C32H46O. The van der Waals surface area contributed by atoms with Crippen LogP contribution in [0.1, 0.15) is 125 Å². The number of fused-ring (bicyclic) bond motifs is 1. The molecule has 0 saturated heterocycles. The SMILES string of the molecule is CCCCCOc1ccc2c(c1)CCC(c1ccc(C3CCC(CCCCC)CC3)cc1)C2. The smallest absolute Gasteiger partial charge is 0.119 e. The van der Waals surface area contributed by atoms with E-state index < -0.39 is 0 Å². The fourth-order valence-corrected chi connectivity index (χ4v) is 6.16. The molecule has 0 spiro atoms. The molecule has 0 amide bonds. The first-order valence-electron chi connectivity index (χ1n) is 14.1. The molecule has 0 radical (unpaired) electrons. The molecule has 1 atom stereocenters. The van der Waals surface area contributed by atoms with Crippen molar-refractivity contribution in [2.75, 3.05) is 6.61 Å². The first-order chi connectivity index (χ1) is 16.3. The zero-order valence-electron chi connectivity index (χ0n) is 21.3. The van der Waals surface area contributed by atoms with Crippen molar-refractivity contribution in [3.8, 4) is 5.75 Å². The van der Waals surface area contributed by atoms with Crippen LogP contribution in [0.4, 0.5) is 0 Å². The number of aryl methyl sites for hydroxylation is 1. The Kier molecular flexibility index (Phi) is 9.33. The Bertz CT molecular complexity index is 828. The number of ether oxygens (including phenoxy) is 1. The summed E-state index contributed by atoms with van der Waals surface area (Å²) in [6.07, 6.45) is 18.6. The second-order valence-corrected chi connectivity index (χ2v) is 10.8. The summed E-state index contributed by atoms with van der Waals surface area (Å²) in [5, 5.41) is 0. The maximum absolute atomic E-state index is 5.99. The van der Waals surface area contributed by atoms with Crippen molar-refractivity contribution in [3.63, 3.8) is 0 Å². The summed E-state index contributed by atoms with van der Waals surface area (Å²) in [5.41, 5.74) is 6.16. The van der Waals surface area contributed by atoms with Crippen molar-refractivity contribution in [2.45, 2.75) is 116 Å². The van der Waals surface area contributed by atoms with Crippen LogP contribution in [0.15, 0.2) is 42.5 Å². The van der Waals surface area contributed by atoms with Gasteiger partial charge >= 0.3 is 0 Å². The molecule has 2 aliphatic rings. The van der Waals surface area contributed by atoms with Crippen LogP contribution >= 0.6 is 0 Å². The Morgan fingerprint density at radius 1 is 0.697 bits per heavy atom. The van der Waals surface area contributed by atoms with Gasteiger partial charge < -0.3 is 4.74 Å². The largest absolute Gasteiger partial charge is 0.494 e. The highest BCUT2D eigenvalue weighted by Crippen LogP contribution is 2.39. The van der Waals surface area contributed by atoms with E-state index in [9.17, 15) is 0 Å². The lowest BCUT2D eigenvalue weighted by atomic mass is 9.76. The highest BCUT2D eigenvalue weighted by Gasteiger charge is 2.24. The number of benzene rings is 2. The third-order valence-corrected chi connectivity index (χ3v) is 8.36. The summed E-state index contributed by atoms with van der Waals surface area (Å²) < 4.78 is 5.99. The summed E-state index contributed by atoms with van der Waals surface area (Å²) >= 11 is 0. The van der Waals surface area contributed by atoms with Crippen molar-refractivity contribution in [3.05, 3.63) is 64.7 Å². The molecule has 2 aromatic rings. The maximum atomic E-state index is 5.99. The van der Waals surface area contributed by atoms with Gasteiger partial charge in [0.2, 0.25) is 0 Å². The number of rotatable bonds is 11. The second-order valence-electron chi connectivity index (χ2n) is 10.8. The zero-order valence-corrected chi connectivity index (χ0v) is 21.3. The third-order valence-electron chi connectivity index (χ3n) is 8.36. The molecule has 1 nitrogen and oxygen atoms in total. The highest BCUT2D eigenvalue weighted by atomic mass is 16.5. The minimum atomic E-state index is 0.664. The van der Waals surface area contributed by atoms with Crippen LogP contribution in [0.2, 0.25) is 0 Å². The zero-order chi connectivity index (χ0) is 22.9. The van der Waals surface area contributed by atoms with Crippen molar-refractivity contribution in [1.29, 1.82) is 0 Å². The summed E-state index contributed by atoms with van der Waals surface area (Å²) in [5.74, 6) is 3.52. The Morgan fingerprint density at radius 3 is 2.12 bits per heavy atom. The molecule has 4 rings (SSSR count). The molecule has 1 unspecified atom stereocenters. The Hall–Kier alpha value is -1.76. The fourth-order valence-electron chi connectivity index (χ4n) is 6.16. The minimum absolute atomic E-state index is 0.664. The number of hydrogen-bond acceptors (Lipinski definition) is 1. The van der Waals surface area contributed by atoms with Gasteiger partial charge in [-0.05, 0) is 104 Å². The highest BCUT2D eigenvalue weighted by molar-refractivity contribution is 5.40. The van der Waals surface area contributed by atoms with Gasteiger partial charge in [0, 0.05) is 0 Å². The van der Waals surface area contributed by atoms with Crippen LogP contribution in [0.3, 0.4) is 0 Å². The summed E-state index contributed by atoms with van der Waals surface area (Å²) in [7, 11) is 0. The molecule has 0 aliphatic heterocycles. The molecule has 2 aromatic carbocycles. The predicted octanol–water partition coefficient (Wildman–Crippen LogP) is 9.38. The monoisotopic (exact) mass is 446 g/mol. The van der Waals surface area contributed by atoms with E-state index in [1.165, 1.54) is 100 Å². The molecule has 2 aliphatic carbocycles. The Labute approximate surface area is 203 Å². The van der Waals surface area contributed by atoms with Crippen LogP contribution in [-0.4, -0.2) is 6.61 Å². The van der Waals surface area contributed by atoms with Crippen molar-refractivity contribution in [2.24, 2.45) is 5.92 Å². The Balaban J connectivity index is 1.28. The van der Waals surface area contributed by atoms with E-state index in [-0.39, 0.29) is 0 Å². The molecule has 0 aromatic heterocycles. The first-order valence-corrected chi connectivity index (χ1v) is 14.1. The van der Waals surface area contributed by atoms with E-state index in [0.29, 0.717) is 5.92 Å². The van der Waals surface area contributed by atoms with Crippen LogP contribution in [0, 0.1) is 5.92 Å². The van der Waals surface area contributed by atoms with Gasteiger partial charge in [-0.25, -0.2) is 0 Å². The second kappa shape index (κ2) is 12.6. The van der Waals surface area contributed by atoms with Crippen LogP contribution in [-0.2, 0) is 12.8 Å². The van der Waals surface area contributed by atoms with Crippen LogP contribution < -0.4 is 4.74 Å². The van der Waals surface area contributed by atoms with E-state index in [1.54, 1.807) is 5.56 Å². The van der Waals surface area contributed by atoms with Crippen molar-refractivity contribution < 1.29 is 4.74 Å². The van der Waals surface area contributed by atoms with Gasteiger partial charge in [0.25, 0.3) is 0 Å². The van der Waals surface area contributed by atoms with Crippen LogP contribution in [0.5, 0.6) is 5.75 Å². The predicted molar refractivity (Wildman–Crippen MR) is 142 cm³/mol. The maximum Gasteiger partial charge on any atom is 0.119 e. The average molecular weight is 447 g/mol. The van der Waals surface area contributed by atoms with Gasteiger partial charge in [-0.15, -0.1) is 0 Å². The molecule has 1 fully saturated rings. The van der Waals surface area contributed by atoms with E-state index in [4.69, 9.17) is 4.74 Å². The molecule has 0 bridgehead atoms. The standard InChI is InChI=1S/C32H46O/c1-3-5-7-9-25-10-12-26(13-11-25)27-14-16-28(17-15-27)29-18-19-31-24-32(21-20-30(31)23-29)33-22-8-6-4-2/h14-17,20-21,24-26,29H,3-13,18-19,22-23H2,1-2H3. The molecule has 180 valence electrons. The lowest BCUT2D eigenvalue weighted by Gasteiger charge is -2.29. The lowest BCUT2D eigenvalue weighted by Crippen LogP contribution is -2.14. The fraction of sp³-hybridized carbons (Fsp3) is 0.625. The molecule has 33 heavy (non-hydrogen) atoms. The van der Waals surface area contributed by atoms with Gasteiger partial charge in [0.1, 0.15) is 5.75 Å². The van der Waals surface area contributed by atoms with Gasteiger partial charge in [-0.1, -0.05) is 82.7 Å². The summed E-state index contributed by atoms with van der Waals surface area (Å²) in [6, 6.07) is 16.6. The molecule has 0 heterocycles. The first kappa shape index (κ1) is 24.4. The number of unbranched alkanes of at least 4 members (excludes halogenated alkanes) is 4. The van der Waals surface area contributed by atoms with E-state index in [2.05, 4.69) is 56.3 Å². The summed E-state index contributed by atoms with van der Waals surface area (Å²) in [4.78, 5) is 0. The van der Waals surface area contributed by atoms with Crippen molar-refractivity contribution >= 4 is 0 Å². The molecule has 1 saturated carbocycles. The minimum Gasteiger partial charge on any atom is -0.494 e. The van der Waals surface area contributed by atoms with E-state index in [1.807, 2.05) is 0 Å². The van der Waals surface area contributed by atoms with E-state index >= 15 is 0 Å². The lowest BCUT2D eigenvalue weighted by molar-refractivity contribution is 0.303. The molecule has 1 heteroatoms. The normalized spacial score (nSPS) is 22.7. The van der Waals surface area contributed by atoms with Crippen molar-refractivity contribution in [1.82, 2.24) is 0 Å². The quantitative estimate of drug-likeness (QED) is 0.312. The van der Waals surface area contributed by atoms with Gasteiger partial charge in [0.05, 0.1) is 6.61 Å². The third kappa shape index (κ3) is 6.87. The molecular weight excluding hydrogens is 400 g/mol. The average Bonchev–Trinajstić information content (AvgIpc) is 2.87. The van der Waals surface area contributed by atoms with E-state index in [0.717, 1.165) is 30.6 Å². The van der Waals surface area contributed by atoms with Gasteiger partial charge in [-0.2, -0.15) is 0 Å². The number of hydrogen-bond donors (Lipinski definition) is 0. The Morgan fingerprint density at radius 2 is 1.39 bits per heavy atom. The van der Waals surface area contributed by atoms with Gasteiger partial charge in [0.15, 0.2) is 0 Å². The topological polar surface area (TPSA) is 9.23 Å². The molecule has 0 N–H and O–H groups in total.